The van der Waals surface area contributed by atoms with Crippen LogP contribution in [-0.4, -0.2) is 32.3 Å². The third-order valence-electron chi connectivity index (χ3n) is 3.67. The lowest BCUT2D eigenvalue weighted by atomic mass is 10.1. The van der Waals surface area contributed by atoms with Crippen molar-refractivity contribution < 1.29 is 4.92 Å². The summed E-state index contributed by atoms with van der Waals surface area (Å²) < 4.78 is 1.80. The van der Waals surface area contributed by atoms with Gasteiger partial charge in [-0.25, -0.2) is 4.98 Å². The standard InChI is InChI=1S/C14H17N5O2/c20-19(21)13-6-3-4-11(8-13)14-16-10-18(17-14)9-12-5-1-2-7-15-12/h3-4,6,8,10,12,15H,1-2,5,7,9H2. The molecule has 1 aromatic carbocycles. The fourth-order valence-corrected chi connectivity index (χ4v) is 2.58. The van der Waals surface area contributed by atoms with Gasteiger partial charge in [0.05, 0.1) is 11.5 Å². The molecule has 1 aliphatic heterocycles. The number of aromatic nitrogens is 3. The molecule has 2 heterocycles. The normalized spacial score (nSPS) is 18.6. The molecule has 21 heavy (non-hydrogen) atoms. The first-order chi connectivity index (χ1) is 10.2. The highest BCUT2D eigenvalue weighted by Crippen LogP contribution is 2.20. The SMILES string of the molecule is O=[N+]([O-])c1cccc(-c2ncn(CC3CCCCN3)n2)c1. The van der Waals surface area contributed by atoms with Crippen LogP contribution in [0.3, 0.4) is 0 Å². The third kappa shape index (κ3) is 3.25. The highest BCUT2D eigenvalue weighted by molar-refractivity contribution is 5.58. The number of non-ortho nitro benzene ring substituents is 1. The van der Waals surface area contributed by atoms with E-state index < -0.39 is 4.92 Å². The summed E-state index contributed by atoms with van der Waals surface area (Å²) in [5.74, 6) is 0.523. The molecule has 3 rings (SSSR count). The Kier molecular flexibility index (Phi) is 3.92. The fourth-order valence-electron chi connectivity index (χ4n) is 2.58. The molecule has 0 radical (unpaired) electrons. The molecule has 1 fully saturated rings. The van der Waals surface area contributed by atoms with Crippen LogP contribution < -0.4 is 5.32 Å². The molecule has 2 aromatic rings. The third-order valence-corrected chi connectivity index (χ3v) is 3.67. The molecule has 0 saturated carbocycles. The maximum atomic E-state index is 10.8. The van der Waals surface area contributed by atoms with Crippen molar-refractivity contribution in [2.45, 2.75) is 31.8 Å². The van der Waals surface area contributed by atoms with Crippen molar-refractivity contribution in [2.24, 2.45) is 0 Å². The van der Waals surface area contributed by atoms with E-state index in [-0.39, 0.29) is 5.69 Å². The van der Waals surface area contributed by atoms with Crippen molar-refractivity contribution in [3.63, 3.8) is 0 Å². The zero-order chi connectivity index (χ0) is 14.7. The Balaban J connectivity index is 1.75. The number of nitro benzene ring substituents is 1. The van der Waals surface area contributed by atoms with Gasteiger partial charge in [-0.15, -0.1) is 0 Å². The second-order valence-corrected chi connectivity index (χ2v) is 5.24. The van der Waals surface area contributed by atoms with Crippen LogP contribution in [0.4, 0.5) is 5.69 Å². The average Bonchev–Trinajstić information content (AvgIpc) is 2.97. The zero-order valence-electron chi connectivity index (χ0n) is 11.6. The highest BCUT2D eigenvalue weighted by atomic mass is 16.6. The van der Waals surface area contributed by atoms with Gasteiger partial charge in [0.1, 0.15) is 6.33 Å². The molecule has 7 nitrogen and oxygen atoms in total. The second-order valence-electron chi connectivity index (χ2n) is 5.24. The minimum Gasteiger partial charge on any atom is -0.312 e. The molecule has 1 saturated heterocycles. The zero-order valence-corrected chi connectivity index (χ0v) is 11.6. The predicted molar refractivity (Wildman–Crippen MR) is 77.8 cm³/mol. The summed E-state index contributed by atoms with van der Waals surface area (Å²) in [6, 6.07) is 6.83. The maximum Gasteiger partial charge on any atom is 0.270 e. The van der Waals surface area contributed by atoms with Crippen molar-refractivity contribution in [1.29, 1.82) is 0 Å². The summed E-state index contributed by atoms with van der Waals surface area (Å²) in [5.41, 5.74) is 0.720. The largest absolute Gasteiger partial charge is 0.312 e. The van der Waals surface area contributed by atoms with Crippen molar-refractivity contribution in [2.75, 3.05) is 6.54 Å². The average molecular weight is 287 g/mol. The summed E-state index contributed by atoms with van der Waals surface area (Å²) in [6.45, 7) is 1.83. The van der Waals surface area contributed by atoms with E-state index in [1.807, 2.05) is 0 Å². The number of hydrogen-bond acceptors (Lipinski definition) is 5. The number of nitrogens with one attached hydrogen (secondary N) is 1. The predicted octanol–water partition coefficient (Wildman–Crippen LogP) is 2.00. The summed E-state index contributed by atoms with van der Waals surface area (Å²) in [7, 11) is 0. The lowest BCUT2D eigenvalue weighted by Gasteiger charge is -2.22. The fraction of sp³-hybridized carbons (Fsp3) is 0.429. The van der Waals surface area contributed by atoms with Gasteiger partial charge in [0, 0.05) is 23.7 Å². The van der Waals surface area contributed by atoms with E-state index in [2.05, 4.69) is 15.4 Å². The Morgan fingerprint density at radius 2 is 2.33 bits per heavy atom. The van der Waals surface area contributed by atoms with E-state index in [0.717, 1.165) is 19.5 Å². The molecule has 1 unspecified atom stereocenters. The van der Waals surface area contributed by atoms with Crippen molar-refractivity contribution in [1.82, 2.24) is 20.1 Å². The number of rotatable bonds is 4. The highest BCUT2D eigenvalue weighted by Gasteiger charge is 2.15. The molecular formula is C14H17N5O2. The molecule has 110 valence electrons. The van der Waals surface area contributed by atoms with Crippen LogP contribution in [0, 0.1) is 10.1 Å². The second kappa shape index (κ2) is 6.01. The summed E-state index contributed by atoms with van der Waals surface area (Å²) in [4.78, 5) is 14.6. The van der Waals surface area contributed by atoms with Crippen LogP contribution in [0.15, 0.2) is 30.6 Å². The molecular weight excluding hydrogens is 270 g/mol. The minimum absolute atomic E-state index is 0.0535. The molecule has 1 atom stereocenters. The first kappa shape index (κ1) is 13.7. The smallest absolute Gasteiger partial charge is 0.270 e. The van der Waals surface area contributed by atoms with Gasteiger partial charge in [0.25, 0.3) is 5.69 Å². The monoisotopic (exact) mass is 287 g/mol. The van der Waals surface area contributed by atoms with Gasteiger partial charge >= 0.3 is 0 Å². The Hall–Kier alpha value is -2.28. The van der Waals surface area contributed by atoms with Crippen LogP contribution in [0.1, 0.15) is 19.3 Å². The number of piperidine rings is 1. The van der Waals surface area contributed by atoms with Gasteiger partial charge in [-0.3, -0.25) is 14.8 Å². The van der Waals surface area contributed by atoms with E-state index >= 15 is 0 Å². The van der Waals surface area contributed by atoms with E-state index in [1.54, 1.807) is 23.1 Å². The van der Waals surface area contributed by atoms with Crippen LogP contribution in [0.25, 0.3) is 11.4 Å². The van der Waals surface area contributed by atoms with Crippen LogP contribution in [-0.2, 0) is 6.54 Å². The number of nitro groups is 1. The first-order valence-corrected chi connectivity index (χ1v) is 7.10. The Labute approximate surface area is 122 Å². The van der Waals surface area contributed by atoms with E-state index in [4.69, 9.17) is 0 Å². The number of benzene rings is 1. The van der Waals surface area contributed by atoms with Gasteiger partial charge in [-0.1, -0.05) is 18.6 Å². The molecule has 0 aliphatic carbocycles. The molecule has 0 spiro atoms. The maximum absolute atomic E-state index is 10.8. The van der Waals surface area contributed by atoms with E-state index in [1.165, 1.54) is 25.0 Å². The lowest BCUT2D eigenvalue weighted by molar-refractivity contribution is -0.384. The molecule has 1 aliphatic rings. The van der Waals surface area contributed by atoms with Gasteiger partial charge in [0.2, 0.25) is 0 Å². The van der Waals surface area contributed by atoms with E-state index in [9.17, 15) is 10.1 Å². The molecule has 0 bridgehead atoms. The molecule has 7 heteroatoms. The van der Waals surface area contributed by atoms with Crippen LogP contribution in [0.5, 0.6) is 0 Å². The number of hydrogen-bond donors (Lipinski definition) is 1. The van der Waals surface area contributed by atoms with Crippen molar-refractivity contribution in [3.8, 4) is 11.4 Å². The number of nitrogens with zero attached hydrogens (tertiary/aromatic N) is 4. The quantitative estimate of drug-likeness (QED) is 0.686. The van der Waals surface area contributed by atoms with Crippen LogP contribution >= 0.6 is 0 Å². The topological polar surface area (TPSA) is 85.9 Å². The Morgan fingerprint density at radius 3 is 3.10 bits per heavy atom. The molecule has 1 aromatic heterocycles. The summed E-state index contributed by atoms with van der Waals surface area (Å²) >= 11 is 0. The molecule has 0 amide bonds. The minimum atomic E-state index is -0.410. The summed E-state index contributed by atoms with van der Waals surface area (Å²) in [5, 5.41) is 18.7. The lowest BCUT2D eigenvalue weighted by Crippen LogP contribution is -2.37. The first-order valence-electron chi connectivity index (χ1n) is 7.10. The Bertz CT molecular complexity index is 634. The van der Waals surface area contributed by atoms with Crippen LogP contribution in [0.2, 0.25) is 0 Å². The van der Waals surface area contributed by atoms with Gasteiger partial charge in [-0.05, 0) is 19.4 Å². The van der Waals surface area contributed by atoms with Gasteiger partial charge in [0.15, 0.2) is 5.82 Å². The van der Waals surface area contributed by atoms with Crippen molar-refractivity contribution >= 4 is 5.69 Å². The van der Waals surface area contributed by atoms with E-state index in [0.29, 0.717) is 17.4 Å². The van der Waals surface area contributed by atoms with Gasteiger partial charge in [-0.2, -0.15) is 5.10 Å². The Morgan fingerprint density at radius 1 is 1.43 bits per heavy atom. The van der Waals surface area contributed by atoms with Gasteiger partial charge < -0.3 is 5.32 Å². The van der Waals surface area contributed by atoms with Crippen molar-refractivity contribution in [3.05, 3.63) is 40.7 Å². The summed E-state index contributed by atoms with van der Waals surface area (Å²) in [6.07, 6.45) is 5.30. The molecule has 1 N–H and O–H groups in total.